The summed E-state index contributed by atoms with van der Waals surface area (Å²) in [5.74, 6) is -0.545. The normalized spacial score (nSPS) is 14.3. The molecule has 208 valence electrons. The molecule has 0 radical (unpaired) electrons. The lowest BCUT2D eigenvalue weighted by Crippen LogP contribution is -2.43. The van der Waals surface area contributed by atoms with Crippen LogP contribution in [0.3, 0.4) is 0 Å². The minimum absolute atomic E-state index is 0.0369. The standard InChI is InChI=1S/C30H31Cl2N5O3/c31-27-10-9-23(17-28(27)32)37(12-11-33)19-24(38)18-35-29(20-36-13-15-40-16-14-36)22-7-5-21(6-8-22)25-3-1-2-4-26(25)30(34)39/h1-10,17,29,35H,12-16,18-20H2,(H2,34,39). The number of rotatable bonds is 12. The number of carbonyl (C=O) groups excluding carboxylic acids is 2. The van der Waals surface area contributed by atoms with Crippen LogP contribution in [0.2, 0.25) is 10.0 Å². The second-order valence-corrected chi connectivity index (χ2v) is 10.3. The van der Waals surface area contributed by atoms with Crippen molar-refractivity contribution < 1.29 is 14.3 Å². The molecule has 3 aromatic rings. The largest absolute Gasteiger partial charge is 0.379 e. The maximum Gasteiger partial charge on any atom is 0.249 e. The van der Waals surface area contributed by atoms with Crippen molar-refractivity contribution in [1.82, 2.24) is 10.2 Å². The molecule has 1 aliphatic heterocycles. The SMILES string of the molecule is N#CCN(CC(=O)CNC(CN1CCOCC1)c1ccc(-c2ccccc2C(N)=O)cc1)c1ccc(Cl)c(Cl)c1. The summed E-state index contributed by atoms with van der Waals surface area (Å²) in [5.41, 5.74) is 9.36. The quantitative estimate of drug-likeness (QED) is 0.307. The van der Waals surface area contributed by atoms with Gasteiger partial charge in [0.2, 0.25) is 5.91 Å². The fraction of sp³-hybridized carbons (Fsp3) is 0.300. The summed E-state index contributed by atoms with van der Waals surface area (Å²) in [6.45, 7) is 3.85. The highest BCUT2D eigenvalue weighted by atomic mass is 35.5. The number of benzene rings is 3. The molecular formula is C30H31Cl2N5O3. The molecule has 10 heteroatoms. The topological polar surface area (TPSA) is 112 Å². The number of nitrogens with zero attached hydrogens (tertiary/aromatic N) is 3. The smallest absolute Gasteiger partial charge is 0.249 e. The first-order valence-corrected chi connectivity index (χ1v) is 13.7. The highest BCUT2D eigenvalue weighted by molar-refractivity contribution is 6.42. The Labute approximate surface area is 244 Å². The fourth-order valence-corrected chi connectivity index (χ4v) is 4.98. The Bertz CT molecular complexity index is 1370. The van der Waals surface area contributed by atoms with Crippen molar-refractivity contribution in [2.45, 2.75) is 6.04 Å². The van der Waals surface area contributed by atoms with Crippen LogP contribution in [0.1, 0.15) is 22.0 Å². The summed E-state index contributed by atoms with van der Waals surface area (Å²) in [4.78, 5) is 29.0. The van der Waals surface area contributed by atoms with Crippen molar-refractivity contribution in [2.75, 3.05) is 57.4 Å². The Kier molecular flexibility index (Phi) is 10.5. The number of ketones is 1. The van der Waals surface area contributed by atoms with Crippen LogP contribution in [0.5, 0.6) is 0 Å². The van der Waals surface area contributed by atoms with Crippen LogP contribution in [0.15, 0.2) is 66.7 Å². The molecule has 0 aromatic heterocycles. The molecule has 8 nitrogen and oxygen atoms in total. The van der Waals surface area contributed by atoms with Gasteiger partial charge in [-0.2, -0.15) is 5.26 Å². The minimum Gasteiger partial charge on any atom is -0.379 e. The van der Waals surface area contributed by atoms with Crippen LogP contribution in [0.25, 0.3) is 11.1 Å². The molecule has 1 aliphatic rings. The van der Waals surface area contributed by atoms with Gasteiger partial charge in [0.05, 0.1) is 42.4 Å². The molecule has 1 amide bonds. The van der Waals surface area contributed by atoms with Crippen LogP contribution in [0, 0.1) is 11.3 Å². The summed E-state index contributed by atoms with van der Waals surface area (Å²) in [5, 5.41) is 13.5. The molecule has 3 aromatic carbocycles. The zero-order valence-corrected chi connectivity index (χ0v) is 23.5. The molecular weight excluding hydrogens is 549 g/mol. The Balaban J connectivity index is 1.49. The van der Waals surface area contributed by atoms with Crippen molar-refractivity contribution in [2.24, 2.45) is 5.73 Å². The summed E-state index contributed by atoms with van der Waals surface area (Å²) < 4.78 is 5.50. The Hall–Kier alpha value is -3.45. The van der Waals surface area contributed by atoms with Gasteiger partial charge in [-0.15, -0.1) is 0 Å². The average Bonchev–Trinajstić information content (AvgIpc) is 2.97. The molecule has 1 fully saturated rings. The number of carbonyl (C=O) groups is 2. The van der Waals surface area contributed by atoms with Gasteiger partial charge in [0, 0.05) is 36.9 Å². The van der Waals surface area contributed by atoms with E-state index >= 15 is 0 Å². The minimum atomic E-state index is -0.476. The predicted molar refractivity (Wildman–Crippen MR) is 158 cm³/mol. The Morgan fingerprint density at radius 2 is 1.77 bits per heavy atom. The van der Waals surface area contributed by atoms with Crippen molar-refractivity contribution >= 4 is 40.6 Å². The van der Waals surface area contributed by atoms with Gasteiger partial charge < -0.3 is 20.7 Å². The predicted octanol–water partition coefficient (Wildman–Crippen LogP) is 4.32. The molecule has 0 bridgehead atoms. The van der Waals surface area contributed by atoms with E-state index in [1.54, 1.807) is 35.2 Å². The number of nitrogens with two attached hydrogens (primary N) is 1. The van der Waals surface area contributed by atoms with Crippen molar-refractivity contribution in [3.8, 4) is 17.2 Å². The van der Waals surface area contributed by atoms with Crippen molar-refractivity contribution in [3.05, 3.63) is 87.9 Å². The van der Waals surface area contributed by atoms with Crippen LogP contribution in [0.4, 0.5) is 5.69 Å². The number of halogens is 2. The maximum atomic E-state index is 13.1. The van der Waals surface area contributed by atoms with E-state index in [1.807, 2.05) is 36.4 Å². The molecule has 0 saturated carbocycles. The summed E-state index contributed by atoms with van der Waals surface area (Å²) in [7, 11) is 0. The Morgan fingerprint density at radius 3 is 2.45 bits per heavy atom. The Morgan fingerprint density at radius 1 is 1.05 bits per heavy atom. The van der Waals surface area contributed by atoms with Gasteiger partial charge in [0.25, 0.3) is 0 Å². The summed E-state index contributed by atoms with van der Waals surface area (Å²) in [6, 6.07) is 22.2. The third-order valence-corrected chi connectivity index (χ3v) is 7.54. The molecule has 1 atom stereocenters. The van der Waals surface area contributed by atoms with Gasteiger partial charge in [-0.1, -0.05) is 65.7 Å². The van der Waals surface area contributed by atoms with Gasteiger partial charge in [-0.3, -0.25) is 14.5 Å². The van der Waals surface area contributed by atoms with E-state index in [0.29, 0.717) is 41.1 Å². The van der Waals surface area contributed by atoms with Gasteiger partial charge in [0.15, 0.2) is 5.78 Å². The number of hydrogen-bond donors (Lipinski definition) is 2. The van der Waals surface area contributed by atoms with E-state index in [0.717, 1.165) is 29.8 Å². The number of nitriles is 1. The van der Waals surface area contributed by atoms with Gasteiger partial charge >= 0.3 is 0 Å². The second kappa shape index (κ2) is 14.3. The second-order valence-electron chi connectivity index (χ2n) is 9.53. The van der Waals surface area contributed by atoms with E-state index in [9.17, 15) is 14.9 Å². The summed E-state index contributed by atoms with van der Waals surface area (Å²) in [6.07, 6.45) is 0. The molecule has 1 saturated heterocycles. The van der Waals surface area contributed by atoms with Gasteiger partial charge in [-0.05, 0) is 41.0 Å². The lowest BCUT2D eigenvalue weighted by Gasteiger charge is -2.31. The van der Waals surface area contributed by atoms with E-state index in [2.05, 4.69) is 16.3 Å². The molecule has 1 heterocycles. The third kappa shape index (κ3) is 7.81. The van der Waals surface area contributed by atoms with E-state index in [1.165, 1.54) is 0 Å². The molecule has 0 aliphatic carbocycles. The number of amides is 1. The number of hydrogen-bond acceptors (Lipinski definition) is 7. The van der Waals surface area contributed by atoms with Gasteiger partial charge in [-0.25, -0.2) is 0 Å². The number of nitrogens with one attached hydrogen (secondary N) is 1. The lowest BCUT2D eigenvalue weighted by molar-refractivity contribution is -0.117. The number of morpholine rings is 1. The molecule has 0 spiro atoms. The van der Waals surface area contributed by atoms with E-state index in [4.69, 9.17) is 33.7 Å². The number of anilines is 1. The van der Waals surface area contributed by atoms with E-state index in [-0.39, 0.29) is 31.5 Å². The van der Waals surface area contributed by atoms with Crippen LogP contribution in [-0.4, -0.2) is 69.1 Å². The third-order valence-electron chi connectivity index (χ3n) is 6.80. The van der Waals surface area contributed by atoms with Crippen molar-refractivity contribution in [3.63, 3.8) is 0 Å². The first kappa shape index (κ1) is 29.5. The summed E-state index contributed by atoms with van der Waals surface area (Å²) >= 11 is 12.2. The fourth-order valence-electron chi connectivity index (χ4n) is 4.69. The highest BCUT2D eigenvalue weighted by Crippen LogP contribution is 2.28. The first-order chi connectivity index (χ1) is 19.4. The first-order valence-electron chi connectivity index (χ1n) is 13.0. The molecule has 40 heavy (non-hydrogen) atoms. The molecule has 3 N–H and O–H groups in total. The van der Waals surface area contributed by atoms with Crippen LogP contribution >= 0.6 is 23.2 Å². The monoisotopic (exact) mass is 579 g/mol. The molecule has 4 rings (SSSR count). The lowest BCUT2D eigenvalue weighted by atomic mass is 9.96. The van der Waals surface area contributed by atoms with Gasteiger partial charge in [0.1, 0.15) is 6.54 Å². The zero-order chi connectivity index (χ0) is 28.5. The number of Topliss-reactive ketones (excluding diaryl/α,β-unsaturated/α-hetero) is 1. The average molecular weight is 581 g/mol. The number of primary amides is 1. The van der Waals surface area contributed by atoms with Crippen LogP contribution < -0.4 is 16.0 Å². The maximum absolute atomic E-state index is 13.1. The number of ether oxygens (including phenoxy) is 1. The molecule has 1 unspecified atom stereocenters. The zero-order valence-electron chi connectivity index (χ0n) is 22.0. The van der Waals surface area contributed by atoms with E-state index < -0.39 is 5.91 Å². The van der Waals surface area contributed by atoms with Crippen LogP contribution in [-0.2, 0) is 9.53 Å². The van der Waals surface area contributed by atoms with Crippen molar-refractivity contribution in [1.29, 1.82) is 5.26 Å². The highest BCUT2D eigenvalue weighted by Gasteiger charge is 2.21.